The number of hydrogen-bond acceptors (Lipinski definition) is 3. The number of nitrogens with two attached hydrogens (primary N) is 1. The van der Waals surface area contributed by atoms with Crippen LogP contribution in [0.1, 0.15) is 11.1 Å². The lowest BCUT2D eigenvalue weighted by Gasteiger charge is -2.09. The number of ether oxygens (including phenoxy) is 1. The summed E-state index contributed by atoms with van der Waals surface area (Å²) in [4.78, 5) is 8.90. The van der Waals surface area contributed by atoms with Crippen LogP contribution in [0.2, 0.25) is 0 Å². The Morgan fingerprint density at radius 3 is 2.30 bits per heavy atom. The van der Waals surface area contributed by atoms with Gasteiger partial charge in [0, 0.05) is 11.0 Å². The van der Waals surface area contributed by atoms with E-state index in [4.69, 9.17) is 25.8 Å². The van der Waals surface area contributed by atoms with Gasteiger partial charge in [-0.3, -0.25) is 5.41 Å². The van der Waals surface area contributed by atoms with Gasteiger partial charge in [0.15, 0.2) is 5.96 Å². The van der Waals surface area contributed by atoms with Gasteiger partial charge >= 0.3 is 12.1 Å². The summed E-state index contributed by atoms with van der Waals surface area (Å²) in [5, 5.41) is 17.0. The van der Waals surface area contributed by atoms with E-state index < -0.39 is 12.1 Å². The molecule has 0 fully saturated rings. The first-order chi connectivity index (χ1) is 12.6. The average molecular weight is 448 g/mol. The van der Waals surface area contributed by atoms with Crippen molar-refractivity contribution < 1.29 is 27.8 Å². The van der Waals surface area contributed by atoms with Crippen LogP contribution >= 0.6 is 15.9 Å². The molecule has 0 aliphatic heterocycles. The van der Waals surface area contributed by atoms with Crippen molar-refractivity contribution in [2.45, 2.75) is 19.3 Å². The number of carboxylic acids is 1. The smallest absolute Gasteiger partial charge is 0.489 e. The predicted molar refractivity (Wildman–Crippen MR) is 97.4 cm³/mol. The van der Waals surface area contributed by atoms with E-state index in [0.29, 0.717) is 13.2 Å². The maximum Gasteiger partial charge on any atom is 0.490 e. The fourth-order valence-electron chi connectivity index (χ4n) is 1.69. The molecule has 0 bridgehead atoms. The van der Waals surface area contributed by atoms with E-state index in [1.165, 1.54) is 0 Å². The zero-order valence-corrected chi connectivity index (χ0v) is 15.5. The maximum atomic E-state index is 10.6. The summed E-state index contributed by atoms with van der Waals surface area (Å²) in [5.74, 6) is -1.99. The molecule has 2 rings (SSSR count). The molecule has 0 unspecified atom stereocenters. The summed E-state index contributed by atoms with van der Waals surface area (Å²) in [6.07, 6.45) is -5.08. The molecule has 0 heterocycles. The van der Waals surface area contributed by atoms with E-state index in [1.807, 2.05) is 48.5 Å². The van der Waals surface area contributed by atoms with Gasteiger partial charge in [-0.05, 0) is 35.4 Å². The van der Waals surface area contributed by atoms with Crippen molar-refractivity contribution >= 4 is 27.9 Å². The minimum Gasteiger partial charge on any atom is -0.489 e. The molecule has 27 heavy (non-hydrogen) atoms. The summed E-state index contributed by atoms with van der Waals surface area (Å²) in [5.41, 5.74) is 7.40. The Bertz CT molecular complexity index is 768. The highest BCUT2D eigenvalue weighted by atomic mass is 79.9. The molecule has 0 aliphatic carbocycles. The number of benzene rings is 2. The normalized spacial score (nSPS) is 10.4. The summed E-state index contributed by atoms with van der Waals surface area (Å²) in [7, 11) is 0. The van der Waals surface area contributed by atoms with Crippen molar-refractivity contribution in [1.29, 1.82) is 5.41 Å². The molecular formula is C17H17BrF3N3O3. The highest BCUT2D eigenvalue weighted by molar-refractivity contribution is 9.10. The van der Waals surface area contributed by atoms with Gasteiger partial charge in [-0.15, -0.1) is 0 Å². The summed E-state index contributed by atoms with van der Waals surface area (Å²) in [6.45, 7) is 1.04. The number of hydrogen-bond donors (Lipinski definition) is 4. The minimum atomic E-state index is -5.08. The number of carbonyl (C=O) groups is 1. The van der Waals surface area contributed by atoms with Crippen LogP contribution < -0.4 is 15.8 Å². The van der Waals surface area contributed by atoms with Crippen LogP contribution in [-0.4, -0.2) is 23.2 Å². The van der Waals surface area contributed by atoms with Crippen molar-refractivity contribution in [3.8, 4) is 5.75 Å². The zero-order chi connectivity index (χ0) is 20.4. The van der Waals surface area contributed by atoms with Gasteiger partial charge in [-0.2, -0.15) is 13.2 Å². The standard InChI is InChI=1S/C15H16BrN3O.C2HF3O2/c16-13-6-4-11(5-7-13)10-20-14-3-1-2-12(8-14)9-19-15(17)18;3-2(4,5)1(6)7/h1-8H,9-10H2,(H4,17,18,19);(H,6,7). The van der Waals surface area contributed by atoms with Gasteiger partial charge in [0.25, 0.3) is 0 Å². The molecule has 10 heteroatoms. The van der Waals surface area contributed by atoms with Crippen LogP contribution in [-0.2, 0) is 17.9 Å². The monoisotopic (exact) mass is 447 g/mol. The maximum absolute atomic E-state index is 10.6. The molecule has 0 spiro atoms. The third-order valence-electron chi connectivity index (χ3n) is 2.94. The van der Waals surface area contributed by atoms with Crippen LogP contribution in [0.25, 0.3) is 0 Å². The Hall–Kier alpha value is -2.75. The number of guanidine groups is 1. The third-order valence-corrected chi connectivity index (χ3v) is 3.47. The fraction of sp³-hybridized carbons (Fsp3) is 0.176. The minimum absolute atomic E-state index is 0.0359. The largest absolute Gasteiger partial charge is 0.490 e. The Morgan fingerprint density at radius 2 is 1.78 bits per heavy atom. The second-order valence-electron chi connectivity index (χ2n) is 5.13. The second-order valence-corrected chi connectivity index (χ2v) is 6.05. The first-order valence-corrected chi connectivity index (χ1v) is 8.21. The molecule has 0 saturated heterocycles. The molecule has 6 nitrogen and oxygen atoms in total. The van der Waals surface area contributed by atoms with Gasteiger partial charge in [-0.25, -0.2) is 4.79 Å². The SMILES string of the molecule is N=C(N)NCc1cccc(OCc2ccc(Br)cc2)c1.O=C(O)C(F)(F)F. The van der Waals surface area contributed by atoms with Gasteiger partial charge in [0.2, 0.25) is 0 Å². The van der Waals surface area contributed by atoms with Crippen molar-refractivity contribution in [2.75, 3.05) is 0 Å². The molecular weight excluding hydrogens is 431 g/mol. The summed E-state index contributed by atoms with van der Waals surface area (Å²) >= 11 is 3.40. The number of carboxylic acid groups (broad SMARTS) is 1. The Morgan fingerprint density at radius 1 is 1.19 bits per heavy atom. The number of halogens is 4. The van der Waals surface area contributed by atoms with E-state index in [0.717, 1.165) is 21.3 Å². The van der Waals surface area contributed by atoms with Crippen LogP contribution in [0.5, 0.6) is 5.75 Å². The van der Waals surface area contributed by atoms with E-state index in [9.17, 15) is 13.2 Å². The molecule has 0 amide bonds. The molecule has 0 aliphatic rings. The van der Waals surface area contributed by atoms with Gasteiger partial charge in [-0.1, -0.05) is 40.2 Å². The van der Waals surface area contributed by atoms with Crippen molar-refractivity contribution in [3.05, 3.63) is 64.1 Å². The zero-order valence-electron chi connectivity index (χ0n) is 13.9. The molecule has 2 aromatic carbocycles. The average Bonchev–Trinajstić information content (AvgIpc) is 2.59. The predicted octanol–water partition coefficient (Wildman–Crippen LogP) is 3.64. The van der Waals surface area contributed by atoms with Crippen molar-refractivity contribution in [3.63, 3.8) is 0 Å². The van der Waals surface area contributed by atoms with Gasteiger partial charge < -0.3 is 20.9 Å². The fourth-order valence-corrected chi connectivity index (χ4v) is 1.95. The summed E-state index contributed by atoms with van der Waals surface area (Å²) < 4.78 is 38.5. The molecule has 0 atom stereocenters. The molecule has 2 aromatic rings. The highest BCUT2D eigenvalue weighted by Crippen LogP contribution is 2.16. The third kappa shape index (κ3) is 9.50. The molecule has 0 aromatic heterocycles. The Labute approximate surface area is 161 Å². The molecule has 0 saturated carbocycles. The van der Waals surface area contributed by atoms with E-state index >= 15 is 0 Å². The van der Waals surface area contributed by atoms with Crippen LogP contribution in [0.4, 0.5) is 13.2 Å². The highest BCUT2D eigenvalue weighted by Gasteiger charge is 2.38. The number of nitrogens with one attached hydrogen (secondary N) is 2. The lowest BCUT2D eigenvalue weighted by atomic mass is 10.2. The number of aliphatic carboxylic acids is 1. The van der Waals surface area contributed by atoms with Crippen molar-refractivity contribution in [1.82, 2.24) is 5.32 Å². The van der Waals surface area contributed by atoms with Crippen LogP contribution in [0.15, 0.2) is 53.0 Å². The first-order valence-electron chi connectivity index (χ1n) is 7.42. The molecule has 146 valence electrons. The van der Waals surface area contributed by atoms with Gasteiger partial charge in [0.1, 0.15) is 12.4 Å². The quantitative estimate of drug-likeness (QED) is 0.413. The lowest BCUT2D eigenvalue weighted by molar-refractivity contribution is -0.192. The summed E-state index contributed by atoms with van der Waals surface area (Å²) in [6, 6.07) is 15.8. The Balaban J connectivity index is 0.000000445. The van der Waals surface area contributed by atoms with Crippen LogP contribution in [0.3, 0.4) is 0 Å². The van der Waals surface area contributed by atoms with E-state index in [-0.39, 0.29) is 5.96 Å². The Kier molecular flexibility index (Phi) is 8.60. The first kappa shape index (κ1) is 22.3. The lowest BCUT2D eigenvalue weighted by Crippen LogP contribution is -2.29. The number of rotatable bonds is 5. The van der Waals surface area contributed by atoms with Crippen molar-refractivity contribution in [2.24, 2.45) is 5.73 Å². The molecule has 5 N–H and O–H groups in total. The van der Waals surface area contributed by atoms with E-state index in [2.05, 4.69) is 21.2 Å². The second kappa shape index (κ2) is 10.4. The number of alkyl halides is 3. The van der Waals surface area contributed by atoms with Gasteiger partial charge in [0.05, 0.1) is 0 Å². The molecule has 0 radical (unpaired) electrons. The van der Waals surface area contributed by atoms with E-state index in [1.54, 1.807) is 0 Å². The topological polar surface area (TPSA) is 108 Å². The van der Waals surface area contributed by atoms with Crippen LogP contribution in [0, 0.1) is 5.41 Å².